The highest BCUT2D eigenvalue weighted by Crippen LogP contribution is 2.16. The van der Waals surface area contributed by atoms with Crippen molar-refractivity contribution < 1.29 is 9.53 Å². The van der Waals surface area contributed by atoms with E-state index in [9.17, 15) is 4.79 Å². The fourth-order valence-electron chi connectivity index (χ4n) is 2.64. The summed E-state index contributed by atoms with van der Waals surface area (Å²) in [6, 6.07) is 15.3. The molecule has 0 unspecified atom stereocenters. The first-order valence-electron chi connectivity index (χ1n) is 8.66. The number of aryl methyl sites for hydroxylation is 1. The second kappa shape index (κ2) is 7.87. The van der Waals surface area contributed by atoms with Crippen molar-refractivity contribution in [2.75, 3.05) is 5.32 Å². The first kappa shape index (κ1) is 17.7. The molecular formula is C21H23N3O2. The standard InChI is InChI=1S/C21H23N3O2/c1-15(2)26-20-10-8-17(9-11-20)21(25)23-19-12-22-24(14-19)13-18-7-5-4-6-16(18)3/h4-12,14-15H,13H2,1-3H3,(H,23,25). The molecular weight excluding hydrogens is 326 g/mol. The van der Waals surface area contributed by atoms with E-state index in [4.69, 9.17) is 4.74 Å². The van der Waals surface area contributed by atoms with Gasteiger partial charge in [0.1, 0.15) is 5.75 Å². The first-order chi connectivity index (χ1) is 12.5. The van der Waals surface area contributed by atoms with Crippen LogP contribution in [0.15, 0.2) is 60.9 Å². The van der Waals surface area contributed by atoms with E-state index in [1.54, 1.807) is 30.5 Å². The number of hydrogen-bond donors (Lipinski definition) is 1. The Labute approximate surface area is 153 Å². The lowest BCUT2D eigenvalue weighted by atomic mass is 10.1. The van der Waals surface area contributed by atoms with Crippen LogP contribution in [0.2, 0.25) is 0 Å². The number of anilines is 1. The fraction of sp³-hybridized carbons (Fsp3) is 0.238. The Bertz CT molecular complexity index is 882. The number of carbonyl (C=O) groups excluding carboxylic acids is 1. The van der Waals surface area contributed by atoms with Crippen LogP contribution in [0.3, 0.4) is 0 Å². The van der Waals surface area contributed by atoms with E-state index in [0.29, 0.717) is 17.8 Å². The summed E-state index contributed by atoms with van der Waals surface area (Å²) in [7, 11) is 0. The van der Waals surface area contributed by atoms with Gasteiger partial charge >= 0.3 is 0 Å². The zero-order valence-electron chi connectivity index (χ0n) is 15.3. The predicted octanol–water partition coefficient (Wildman–Crippen LogP) is 4.28. The van der Waals surface area contributed by atoms with Gasteiger partial charge in [0.15, 0.2) is 0 Å². The zero-order chi connectivity index (χ0) is 18.5. The summed E-state index contributed by atoms with van der Waals surface area (Å²) in [4.78, 5) is 12.4. The number of amides is 1. The van der Waals surface area contributed by atoms with Crippen LogP contribution >= 0.6 is 0 Å². The van der Waals surface area contributed by atoms with Crippen molar-refractivity contribution in [1.82, 2.24) is 9.78 Å². The van der Waals surface area contributed by atoms with Crippen molar-refractivity contribution in [3.8, 4) is 5.75 Å². The van der Waals surface area contributed by atoms with Gasteiger partial charge in [-0.15, -0.1) is 0 Å². The smallest absolute Gasteiger partial charge is 0.255 e. The average Bonchev–Trinajstić information content (AvgIpc) is 3.04. The third-order valence-electron chi connectivity index (χ3n) is 3.97. The molecule has 26 heavy (non-hydrogen) atoms. The van der Waals surface area contributed by atoms with E-state index >= 15 is 0 Å². The number of aromatic nitrogens is 2. The lowest BCUT2D eigenvalue weighted by Crippen LogP contribution is -2.11. The van der Waals surface area contributed by atoms with Crippen LogP contribution in [-0.4, -0.2) is 21.8 Å². The summed E-state index contributed by atoms with van der Waals surface area (Å²) in [5.74, 6) is 0.583. The number of ether oxygens (including phenoxy) is 1. The molecule has 0 aliphatic rings. The van der Waals surface area contributed by atoms with E-state index in [1.165, 1.54) is 11.1 Å². The summed E-state index contributed by atoms with van der Waals surface area (Å²) in [6.45, 7) is 6.68. The van der Waals surface area contributed by atoms with Gasteiger partial charge < -0.3 is 10.1 Å². The van der Waals surface area contributed by atoms with Crippen LogP contribution in [0.1, 0.15) is 35.3 Å². The summed E-state index contributed by atoms with van der Waals surface area (Å²) < 4.78 is 7.41. The summed E-state index contributed by atoms with van der Waals surface area (Å²) >= 11 is 0. The third-order valence-corrected chi connectivity index (χ3v) is 3.97. The Morgan fingerprint density at radius 3 is 2.58 bits per heavy atom. The number of carbonyl (C=O) groups is 1. The van der Waals surface area contributed by atoms with E-state index in [2.05, 4.69) is 29.5 Å². The number of nitrogens with zero attached hydrogens (tertiary/aromatic N) is 2. The van der Waals surface area contributed by atoms with E-state index in [0.717, 1.165) is 5.75 Å². The highest BCUT2D eigenvalue weighted by atomic mass is 16.5. The molecule has 134 valence electrons. The van der Waals surface area contributed by atoms with Crippen LogP contribution < -0.4 is 10.1 Å². The number of nitrogens with one attached hydrogen (secondary N) is 1. The highest BCUT2D eigenvalue weighted by Gasteiger charge is 2.09. The van der Waals surface area contributed by atoms with E-state index in [1.807, 2.05) is 36.9 Å². The molecule has 0 aliphatic heterocycles. The SMILES string of the molecule is Cc1ccccc1Cn1cc(NC(=O)c2ccc(OC(C)C)cc2)cn1. The summed E-state index contributed by atoms with van der Waals surface area (Å²) in [5.41, 5.74) is 3.67. The minimum absolute atomic E-state index is 0.105. The van der Waals surface area contributed by atoms with Gasteiger partial charge in [0.25, 0.3) is 5.91 Å². The predicted molar refractivity (Wildman–Crippen MR) is 103 cm³/mol. The molecule has 5 nitrogen and oxygen atoms in total. The molecule has 2 aromatic carbocycles. The van der Waals surface area contributed by atoms with Gasteiger partial charge in [-0.3, -0.25) is 9.48 Å². The minimum atomic E-state index is -0.170. The van der Waals surface area contributed by atoms with Crippen LogP contribution in [0.5, 0.6) is 5.75 Å². The monoisotopic (exact) mass is 349 g/mol. The molecule has 5 heteroatoms. The highest BCUT2D eigenvalue weighted by molar-refractivity contribution is 6.04. The van der Waals surface area contributed by atoms with Crippen molar-refractivity contribution in [1.29, 1.82) is 0 Å². The Kier molecular flexibility index (Phi) is 5.37. The molecule has 3 rings (SSSR count). The van der Waals surface area contributed by atoms with Crippen LogP contribution in [0.4, 0.5) is 5.69 Å². The van der Waals surface area contributed by atoms with Crippen molar-refractivity contribution in [2.24, 2.45) is 0 Å². The lowest BCUT2D eigenvalue weighted by Gasteiger charge is -2.10. The average molecular weight is 349 g/mol. The van der Waals surface area contributed by atoms with Gasteiger partial charge in [0.05, 0.1) is 24.5 Å². The van der Waals surface area contributed by atoms with Crippen molar-refractivity contribution >= 4 is 11.6 Å². The zero-order valence-corrected chi connectivity index (χ0v) is 15.3. The molecule has 0 fully saturated rings. The molecule has 0 spiro atoms. The molecule has 0 saturated heterocycles. The van der Waals surface area contributed by atoms with E-state index < -0.39 is 0 Å². The fourth-order valence-corrected chi connectivity index (χ4v) is 2.64. The van der Waals surface area contributed by atoms with Gasteiger partial charge in [-0.1, -0.05) is 24.3 Å². The quantitative estimate of drug-likeness (QED) is 0.723. The molecule has 0 saturated carbocycles. The second-order valence-corrected chi connectivity index (χ2v) is 6.50. The van der Waals surface area contributed by atoms with Gasteiger partial charge in [0.2, 0.25) is 0 Å². The molecule has 0 atom stereocenters. The molecule has 1 aromatic heterocycles. The Balaban J connectivity index is 1.63. The molecule has 0 radical (unpaired) electrons. The maximum Gasteiger partial charge on any atom is 0.255 e. The van der Waals surface area contributed by atoms with Crippen molar-refractivity contribution in [2.45, 2.75) is 33.4 Å². The van der Waals surface area contributed by atoms with Crippen molar-refractivity contribution in [3.63, 3.8) is 0 Å². The van der Waals surface area contributed by atoms with Gasteiger partial charge in [-0.25, -0.2) is 0 Å². The van der Waals surface area contributed by atoms with E-state index in [-0.39, 0.29) is 12.0 Å². The van der Waals surface area contributed by atoms with Gasteiger partial charge in [-0.05, 0) is 56.2 Å². The molecule has 3 aromatic rings. The lowest BCUT2D eigenvalue weighted by molar-refractivity contribution is 0.102. The number of benzene rings is 2. The number of rotatable bonds is 6. The van der Waals surface area contributed by atoms with Crippen LogP contribution in [0, 0.1) is 6.92 Å². The molecule has 0 bridgehead atoms. The maximum atomic E-state index is 12.4. The van der Waals surface area contributed by atoms with Crippen molar-refractivity contribution in [3.05, 3.63) is 77.6 Å². The molecule has 0 aliphatic carbocycles. The van der Waals surface area contributed by atoms with Gasteiger partial charge in [-0.2, -0.15) is 5.10 Å². The summed E-state index contributed by atoms with van der Waals surface area (Å²) in [5, 5.41) is 7.20. The molecule has 1 amide bonds. The molecule has 1 heterocycles. The van der Waals surface area contributed by atoms with Crippen LogP contribution in [-0.2, 0) is 6.54 Å². The first-order valence-corrected chi connectivity index (χ1v) is 8.66. The van der Waals surface area contributed by atoms with Crippen LogP contribution in [0.25, 0.3) is 0 Å². The Morgan fingerprint density at radius 1 is 1.15 bits per heavy atom. The second-order valence-electron chi connectivity index (χ2n) is 6.50. The molecule has 1 N–H and O–H groups in total. The maximum absolute atomic E-state index is 12.4. The number of hydrogen-bond acceptors (Lipinski definition) is 3. The third kappa shape index (κ3) is 4.51. The Hall–Kier alpha value is -3.08. The normalized spacial score (nSPS) is 10.8. The Morgan fingerprint density at radius 2 is 1.88 bits per heavy atom. The minimum Gasteiger partial charge on any atom is -0.491 e. The largest absolute Gasteiger partial charge is 0.491 e. The topological polar surface area (TPSA) is 56.2 Å². The summed E-state index contributed by atoms with van der Waals surface area (Å²) in [6.07, 6.45) is 3.60. The van der Waals surface area contributed by atoms with Gasteiger partial charge in [0, 0.05) is 11.8 Å².